The average Bonchev–Trinajstić information content (AvgIpc) is 3.03. The van der Waals surface area contributed by atoms with Crippen LogP contribution in [0.2, 0.25) is 0 Å². The number of ether oxygens (including phenoxy) is 1. The lowest BCUT2D eigenvalue weighted by Crippen LogP contribution is -2.32. The van der Waals surface area contributed by atoms with Crippen LogP contribution in [-0.4, -0.2) is 39.9 Å². The molecule has 0 bridgehead atoms. The van der Waals surface area contributed by atoms with Gasteiger partial charge in [-0.1, -0.05) is 19.9 Å². The molecule has 148 valence electrons. The number of aryl methyl sites for hydroxylation is 1. The lowest BCUT2D eigenvalue weighted by molar-refractivity contribution is 0.0535. The first-order valence-electron chi connectivity index (χ1n) is 9.43. The third-order valence-electron chi connectivity index (χ3n) is 5.71. The SMILES string of the molecule is Cn1c2c(c3ccc(C#N)cc31)C(=O)c1ccc(OCC(O)CO)cc1C2(C)C. The largest absolute Gasteiger partial charge is 0.491 e. The third-order valence-corrected chi connectivity index (χ3v) is 5.71. The van der Waals surface area contributed by atoms with Crippen LogP contribution in [0.25, 0.3) is 10.9 Å². The molecule has 2 N–H and O–H groups in total. The van der Waals surface area contributed by atoms with Gasteiger partial charge in [-0.05, 0) is 35.9 Å². The average molecular weight is 390 g/mol. The Bertz CT molecular complexity index is 1180. The number of aliphatic hydroxyl groups is 2. The molecule has 0 saturated carbocycles. The minimum absolute atomic E-state index is 0.0279. The minimum Gasteiger partial charge on any atom is -0.491 e. The Labute approximate surface area is 168 Å². The van der Waals surface area contributed by atoms with E-state index in [2.05, 4.69) is 19.9 Å². The van der Waals surface area contributed by atoms with Crippen LogP contribution in [0.15, 0.2) is 36.4 Å². The zero-order valence-corrected chi connectivity index (χ0v) is 16.6. The number of ketones is 1. The molecule has 1 aliphatic rings. The molecule has 1 atom stereocenters. The van der Waals surface area contributed by atoms with E-state index in [9.17, 15) is 15.2 Å². The number of hydrogen-bond acceptors (Lipinski definition) is 5. The molecule has 0 saturated heterocycles. The maximum absolute atomic E-state index is 13.4. The summed E-state index contributed by atoms with van der Waals surface area (Å²) in [6.45, 7) is 3.72. The van der Waals surface area contributed by atoms with Crippen LogP contribution >= 0.6 is 0 Å². The highest BCUT2D eigenvalue weighted by atomic mass is 16.5. The fraction of sp³-hybridized carbons (Fsp3) is 0.304. The van der Waals surface area contributed by atoms with Crippen LogP contribution in [-0.2, 0) is 12.5 Å². The summed E-state index contributed by atoms with van der Waals surface area (Å²) in [6, 6.07) is 12.9. The first-order valence-corrected chi connectivity index (χ1v) is 9.43. The smallest absolute Gasteiger partial charge is 0.195 e. The van der Waals surface area contributed by atoms with E-state index in [4.69, 9.17) is 9.84 Å². The molecule has 29 heavy (non-hydrogen) atoms. The Morgan fingerprint density at radius 3 is 2.69 bits per heavy atom. The first kappa shape index (κ1) is 19.2. The highest BCUT2D eigenvalue weighted by Gasteiger charge is 2.41. The van der Waals surface area contributed by atoms with E-state index >= 15 is 0 Å². The van der Waals surface area contributed by atoms with E-state index in [1.54, 1.807) is 18.2 Å². The molecule has 1 heterocycles. The predicted octanol–water partition coefficient (Wildman–Crippen LogP) is 2.65. The van der Waals surface area contributed by atoms with E-state index < -0.39 is 11.5 Å². The van der Waals surface area contributed by atoms with Crippen LogP contribution < -0.4 is 4.74 Å². The fourth-order valence-electron chi connectivity index (χ4n) is 4.30. The van der Waals surface area contributed by atoms with Gasteiger partial charge >= 0.3 is 0 Å². The molecule has 4 rings (SSSR count). The summed E-state index contributed by atoms with van der Waals surface area (Å²) in [5, 5.41) is 28.6. The van der Waals surface area contributed by atoms with Gasteiger partial charge in [-0.25, -0.2) is 0 Å². The Hall–Kier alpha value is -3.14. The van der Waals surface area contributed by atoms with E-state index in [0.717, 1.165) is 22.2 Å². The summed E-state index contributed by atoms with van der Waals surface area (Å²) in [5.74, 6) is 0.484. The maximum atomic E-state index is 13.4. The number of aliphatic hydroxyl groups excluding tert-OH is 2. The van der Waals surface area contributed by atoms with Crippen LogP contribution in [0.5, 0.6) is 5.75 Å². The second-order valence-electron chi connectivity index (χ2n) is 7.94. The molecule has 6 nitrogen and oxygen atoms in total. The molecule has 3 aromatic rings. The highest BCUT2D eigenvalue weighted by Crippen LogP contribution is 2.45. The zero-order chi connectivity index (χ0) is 20.9. The maximum Gasteiger partial charge on any atom is 0.195 e. The Balaban J connectivity index is 1.88. The van der Waals surface area contributed by atoms with Crippen molar-refractivity contribution in [2.24, 2.45) is 7.05 Å². The summed E-state index contributed by atoms with van der Waals surface area (Å²) in [4.78, 5) is 13.4. The van der Waals surface area contributed by atoms with Crippen molar-refractivity contribution in [3.05, 3.63) is 64.3 Å². The Morgan fingerprint density at radius 1 is 1.24 bits per heavy atom. The number of fused-ring (bicyclic) bond motifs is 4. The van der Waals surface area contributed by atoms with Crippen LogP contribution in [0, 0.1) is 11.3 Å². The van der Waals surface area contributed by atoms with Crippen molar-refractivity contribution in [3.63, 3.8) is 0 Å². The van der Waals surface area contributed by atoms with Crippen molar-refractivity contribution in [3.8, 4) is 11.8 Å². The van der Waals surface area contributed by atoms with Crippen molar-refractivity contribution in [1.29, 1.82) is 5.26 Å². The Kier molecular flexibility index (Phi) is 4.45. The van der Waals surface area contributed by atoms with Crippen molar-refractivity contribution in [2.45, 2.75) is 25.4 Å². The molecule has 0 spiro atoms. The predicted molar refractivity (Wildman–Crippen MR) is 108 cm³/mol. The standard InChI is InChI=1S/C23H22N2O4/c1-23(2)18-9-15(29-12-14(27)11-26)5-7-16(18)21(28)20-17-6-4-13(10-24)8-19(17)25(3)22(20)23/h4-9,14,26-27H,11-12H2,1-3H3. The normalized spacial score (nSPS) is 15.5. The van der Waals surface area contributed by atoms with E-state index in [1.807, 2.05) is 29.8 Å². The third kappa shape index (κ3) is 2.82. The van der Waals surface area contributed by atoms with E-state index in [1.165, 1.54) is 0 Å². The topological polar surface area (TPSA) is 95.5 Å². The summed E-state index contributed by atoms with van der Waals surface area (Å²) in [5.41, 5.74) is 3.96. The van der Waals surface area contributed by atoms with Crippen LogP contribution in [0.4, 0.5) is 0 Å². The zero-order valence-electron chi connectivity index (χ0n) is 16.6. The first-order chi connectivity index (χ1) is 13.8. The number of nitrogens with zero attached hydrogens (tertiary/aromatic N) is 2. The Morgan fingerprint density at radius 2 is 2.00 bits per heavy atom. The molecule has 2 aromatic carbocycles. The number of nitriles is 1. The summed E-state index contributed by atoms with van der Waals surface area (Å²) in [7, 11) is 1.92. The fourth-order valence-corrected chi connectivity index (χ4v) is 4.30. The molecule has 1 aromatic heterocycles. The van der Waals surface area contributed by atoms with Crippen molar-refractivity contribution in [1.82, 2.24) is 4.57 Å². The number of benzene rings is 2. The molecule has 0 fully saturated rings. The van der Waals surface area contributed by atoms with Gasteiger partial charge in [0.15, 0.2) is 5.78 Å². The van der Waals surface area contributed by atoms with Crippen molar-refractivity contribution in [2.75, 3.05) is 13.2 Å². The molecule has 1 unspecified atom stereocenters. The number of carbonyl (C=O) groups excluding carboxylic acids is 1. The molecule has 6 heteroatoms. The van der Waals surface area contributed by atoms with E-state index in [-0.39, 0.29) is 19.0 Å². The molecule has 1 aliphatic carbocycles. The second kappa shape index (κ2) is 6.73. The summed E-state index contributed by atoms with van der Waals surface area (Å²) >= 11 is 0. The van der Waals surface area contributed by atoms with Gasteiger partial charge in [0, 0.05) is 29.1 Å². The van der Waals surface area contributed by atoms with Crippen molar-refractivity contribution < 1.29 is 19.7 Å². The number of carbonyl (C=O) groups is 1. The lowest BCUT2D eigenvalue weighted by Gasteiger charge is -2.34. The molecule has 0 radical (unpaired) electrons. The van der Waals surface area contributed by atoms with Gasteiger partial charge in [0.1, 0.15) is 18.5 Å². The lowest BCUT2D eigenvalue weighted by atomic mass is 9.71. The van der Waals surface area contributed by atoms with Crippen LogP contribution in [0.1, 0.15) is 46.6 Å². The highest BCUT2D eigenvalue weighted by molar-refractivity contribution is 6.20. The quantitative estimate of drug-likeness (QED) is 0.714. The molecular formula is C23H22N2O4. The second-order valence-corrected chi connectivity index (χ2v) is 7.94. The van der Waals surface area contributed by atoms with Gasteiger partial charge in [0.2, 0.25) is 0 Å². The van der Waals surface area contributed by atoms with Gasteiger partial charge in [0.05, 0.1) is 29.3 Å². The molecule has 0 aliphatic heterocycles. The van der Waals surface area contributed by atoms with Crippen LogP contribution in [0.3, 0.4) is 0 Å². The van der Waals surface area contributed by atoms with Gasteiger partial charge in [-0.15, -0.1) is 0 Å². The minimum atomic E-state index is -0.959. The van der Waals surface area contributed by atoms with Gasteiger partial charge in [-0.3, -0.25) is 4.79 Å². The molecular weight excluding hydrogens is 368 g/mol. The molecule has 0 amide bonds. The van der Waals surface area contributed by atoms with Gasteiger partial charge in [-0.2, -0.15) is 5.26 Å². The number of hydrogen-bond donors (Lipinski definition) is 2. The van der Waals surface area contributed by atoms with E-state index in [0.29, 0.717) is 22.4 Å². The number of rotatable bonds is 4. The van der Waals surface area contributed by atoms with Crippen molar-refractivity contribution >= 4 is 16.7 Å². The van der Waals surface area contributed by atoms with Gasteiger partial charge < -0.3 is 19.5 Å². The van der Waals surface area contributed by atoms with Gasteiger partial charge in [0.25, 0.3) is 0 Å². The summed E-state index contributed by atoms with van der Waals surface area (Å²) < 4.78 is 7.59. The number of aromatic nitrogens is 1. The monoisotopic (exact) mass is 390 g/mol. The summed E-state index contributed by atoms with van der Waals surface area (Å²) in [6.07, 6.45) is -0.959.